The van der Waals surface area contributed by atoms with Gasteiger partial charge in [0.05, 0.1) is 18.3 Å². The third-order valence-electron chi connectivity index (χ3n) is 4.31. The first kappa shape index (κ1) is 22.0. The summed E-state index contributed by atoms with van der Waals surface area (Å²) < 4.78 is 25.9. The zero-order valence-electron chi connectivity index (χ0n) is 16.5. The quantitative estimate of drug-likeness (QED) is 0.688. The van der Waals surface area contributed by atoms with Crippen LogP contribution in [0.2, 0.25) is 0 Å². The van der Waals surface area contributed by atoms with Crippen molar-refractivity contribution < 1.29 is 18.7 Å². The molecule has 6 nitrogen and oxygen atoms in total. The number of rotatable bonds is 5. The number of nitrogens with zero attached hydrogens (tertiary/aromatic N) is 3. The number of ether oxygens (including phenoxy) is 2. The summed E-state index contributed by atoms with van der Waals surface area (Å²) in [7, 11) is 0. The predicted molar refractivity (Wildman–Crippen MR) is 105 cm³/mol. The number of carbonyl (C=O) groups is 1. The van der Waals surface area contributed by atoms with Crippen LogP contribution in [-0.2, 0) is 16.0 Å². The van der Waals surface area contributed by atoms with Crippen molar-refractivity contribution in [3.8, 4) is 0 Å². The molecule has 1 unspecified atom stereocenters. The minimum absolute atomic E-state index is 0.0548. The number of amides is 1. The fourth-order valence-corrected chi connectivity index (χ4v) is 3.25. The summed E-state index contributed by atoms with van der Waals surface area (Å²) in [5.41, 5.74) is -0.155. The summed E-state index contributed by atoms with van der Waals surface area (Å²) in [6, 6.07) is 1.36. The number of hydrogen-bond acceptors (Lipinski definition) is 5. The van der Waals surface area contributed by atoms with Crippen LogP contribution in [0.4, 0.5) is 9.18 Å². The van der Waals surface area contributed by atoms with Gasteiger partial charge in [0.15, 0.2) is 0 Å². The minimum Gasteiger partial charge on any atom is -0.444 e. The van der Waals surface area contributed by atoms with E-state index in [9.17, 15) is 9.18 Å². The van der Waals surface area contributed by atoms with Crippen molar-refractivity contribution in [1.29, 1.82) is 0 Å². The van der Waals surface area contributed by atoms with E-state index in [0.29, 0.717) is 49.4 Å². The lowest BCUT2D eigenvalue weighted by atomic mass is 10.1. The third kappa shape index (κ3) is 7.01. The van der Waals surface area contributed by atoms with Gasteiger partial charge < -0.3 is 14.4 Å². The molecule has 0 aromatic carbocycles. The van der Waals surface area contributed by atoms with E-state index in [1.807, 2.05) is 27.7 Å². The molecule has 1 atom stereocenters. The highest BCUT2D eigenvalue weighted by molar-refractivity contribution is 9.10. The standard InChI is InChI=1S/C19H29BrFN3O3/c1-5-23(13-17-16(21)10-14(20)11-22-17)12-15-6-8-26-9-7-24(15)18(25)27-19(2,3)4/h10-11,15H,5-9,12-13H2,1-4H3. The van der Waals surface area contributed by atoms with E-state index < -0.39 is 5.60 Å². The third-order valence-corrected chi connectivity index (χ3v) is 4.75. The minimum atomic E-state index is -0.552. The fraction of sp³-hybridized carbons (Fsp3) is 0.684. The summed E-state index contributed by atoms with van der Waals surface area (Å²) in [6.45, 7) is 10.9. The van der Waals surface area contributed by atoms with Gasteiger partial charge in [0.2, 0.25) is 0 Å². The Hall–Kier alpha value is -1.25. The Bertz CT molecular complexity index is 639. The number of pyridine rings is 1. The molecule has 1 aliphatic rings. The number of carbonyl (C=O) groups excluding carboxylic acids is 1. The van der Waals surface area contributed by atoms with Crippen molar-refractivity contribution in [1.82, 2.24) is 14.8 Å². The summed E-state index contributed by atoms with van der Waals surface area (Å²) in [5, 5.41) is 0. The first-order chi connectivity index (χ1) is 12.7. The zero-order chi connectivity index (χ0) is 20.0. The highest BCUT2D eigenvalue weighted by Crippen LogP contribution is 2.19. The van der Waals surface area contributed by atoms with E-state index in [0.717, 1.165) is 6.54 Å². The highest BCUT2D eigenvalue weighted by atomic mass is 79.9. The summed E-state index contributed by atoms with van der Waals surface area (Å²) in [4.78, 5) is 20.7. The van der Waals surface area contributed by atoms with Crippen LogP contribution in [-0.4, -0.2) is 65.4 Å². The Morgan fingerprint density at radius 1 is 1.48 bits per heavy atom. The average Bonchev–Trinajstić information content (AvgIpc) is 2.80. The Balaban J connectivity index is 2.09. The van der Waals surface area contributed by atoms with E-state index in [-0.39, 0.29) is 18.0 Å². The van der Waals surface area contributed by atoms with Crippen LogP contribution in [0.1, 0.15) is 39.8 Å². The molecule has 1 aromatic heterocycles. The highest BCUT2D eigenvalue weighted by Gasteiger charge is 2.31. The van der Waals surface area contributed by atoms with Gasteiger partial charge in [-0.3, -0.25) is 9.88 Å². The maximum Gasteiger partial charge on any atom is 0.410 e. The molecular weight excluding hydrogens is 417 g/mol. The van der Waals surface area contributed by atoms with E-state index in [4.69, 9.17) is 9.47 Å². The normalized spacial score (nSPS) is 18.5. The molecule has 1 amide bonds. The molecule has 1 fully saturated rings. The number of aromatic nitrogens is 1. The SMILES string of the molecule is CCN(Cc1ncc(Br)cc1F)CC1CCOCCN1C(=O)OC(C)(C)C. The van der Waals surface area contributed by atoms with Crippen molar-refractivity contribution in [3.63, 3.8) is 0 Å². The van der Waals surface area contributed by atoms with Crippen molar-refractivity contribution in [2.75, 3.05) is 32.8 Å². The van der Waals surface area contributed by atoms with Gasteiger partial charge in [-0.1, -0.05) is 6.92 Å². The summed E-state index contributed by atoms with van der Waals surface area (Å²) in [6.07, 6.45) is 1.98. The van der Waals surface area contributed by atoms with Gasteiger partial charge in [-0.05, 0) is 55.7 Å². The van der Waals surface area contributed by atoms with Crippen molar-refractivity contribution >= 4 is 22.0 Å². The second-order valence-corrected chi connectivity index (χ2v) is 8.55. The molecule has 8 heteroatoms. The van der Waals surface area contributed by atoms with E-state index >= 15 is 0 Å². The molecule has 1 aromatic rings. The first-order valence-corrected chi connectivity index (χ1v) is 10.1. The van der Waals surface area contributed by atoms with Gasteiger partial charge in [0.1, 0.15) is 11.4 Å². The second kappa shape index (κ2) is 9.80. The van der Waals surface area contributed by atoms with Crippen LogP contribution in [0.15, 0.2) is 16.7 Å². The molecule has 0 spiro atoms. The van der Waals surface area contributed by atoms with Crippen LogP contribution >= 0.6 is 15.9 Å². The zero-order valence-corrected chi connectivity index (χ0v) is 18.1. The van der Waals surface area contributed by atoms with Gasteiger partial charge >= 0.3 is 6.09 Å². The van der Waals surface area contributed by atoms with E-state index in [1.165, 1.54) is 6.07 Å². The molecule has 2 heterocycles. The number of hydrogen-bond donors (Lipinski definition) is 0. The molecule has 0 N–H and O–H groups in total. The van der Waals surface area contributed by atoms with Gasteiger partial charge in [0.25, 0.3) is 0 Å². The molecule has 1 aliphatic heterocycles. The molecule has 0 radical (unpaired) electrons. The average molecular weight is 446 g/mol. The van der Waals surface area contributed by atoms with Crippen molar-refractivity contribution in [3.05, 3.63) is 28.2 Å². The first-order valence-electron chi connectivity index (χ1n) is 9.29. The maximum atomic E-state index is 14.2. The Morgan fingerprint density at radius 3 is 2.85 bits per heavy atom. The number of halogens is 2. The Kier molecular flexibility index (Phi) is 8.00. The molecule has 152 valence electrons. The molecule has 2 rings (SSSR count). The van der Waals surface area contributed by atoms with E-state index in [1.54, 1.807) is 11.1 Å². The molecule has 27 heavy (non-hydrogen) atoms. The van der Waals surface area contributed by atoms with Gasteiger partial charge in [0, 0.05) is 36.9 Å². The van der Waals surface area contributed by atoms with Crippen LogP contribution in [0.3, 0.4) is 0 Å². The van der Waals surface area contributed by atoms with Crippen LogP contribution in [0.25, 0.3) is 0 Å². The molecule has 0 aliphatic carbocycles. The van der Waals surface area contributed by atoms with Crippen molar-refractivity contribution in [2.45, 2.75) is 52.3 Å². The molecule has 0 saturated carbocycles. The molecular formula is C19H29BrFN3O3. The fourth-order valence-electron chi connectivity index (χ4n) is 2.95. The van der Waals surface area contributed by atoms with Gasteiger partial charge in [-0.25, -0.2) is 9.18 Å². The maximum absolute atomic E-state index is 14.2. The monoisotopic (exact) mass is 445 g/mol. The lowest BCUT2D eigenvalue weighted by Gasteiger charge is -2.34. The lowest BCUT2D eigenvalue weighted by molar-refractivity contribution is 0.0124. The van der Waals surface area contributed by atoms with E-state index in [2.05, 4.69) is 25.8 Å². The Morgan fingerprint density at radius 2 is 2.22 bits per heavy atom. The second-order valence-electron chi connectivity index (χ2n) is 7.64. The van der Waals surface area contributed by atoms with Crippen molar-refractivity contribution in [2.24, 2.45) is 0 Å². The lowest BCUT2D eigenvalue weighted by Crippen LogP contribution is -2.49. The predicted octanol–water partition coefficient (Wildman–Crippen LogP) is 3.83. The van der Waals surface area contributed by atoms with Crippen LogP contribution < -0.4 is 0 Å². The summed E-state index contributed by atoms with van der Waals surface area (Å²) in [5.74, 6) is -0.337. The largest absolute Gasteiger partial charge is 0.444 e. The van der Waals surface area contributed by atoms with Gasteiger partial charge in [-0.2, -0.15) is 0 Å². The topological polar surface area (TPSA) is 54.9 Å². The molecule has 0 bridgehead atoms. The Labute approximate surface area is 169 Å². The van der Waals surface area contributed by atoms with Crippen LogP contribution in [0, 0.1) is 5.82 Å². The number of likely N-dealkylation sites (N-methyl/N-ethyl adjacent to an activating group) is 1. The molecule has 1 saturated heterocycles. The van der Waals surface area contributed by atoms with Crippen LogP contribution in [0.5, 0.6) is 0 Å². The smallest absolute Gasteiger partial charge is 0.410 e. The summed E-state index contributed by atoms with van der Waals surface area (Å²) >= 11 is 3.23. The van der Waals surface area contributed by atoms with Gasteiger partial charge in [-0.15, -0.1) is 0 Å².